The molecule has 5 nitrogen and oxygen atoms in total. The van der Waals surface area contributed by atoms with E-state index in [9.17, 15) is 0 Å². The van der Waals surface area contributed by atoms with Crippen LogP contribution in [0.25, 0.3) is 0 Å². The van der Waals surface area contributed by atoms with Gasteiger partial charge in [0.15, 0.2) is 0 Å². The first kappa shape index (κ1) is 13.4. The van der Waals surface area contributed by atoms with Gasteiger partial charge in [0.25, 0.3) is 0 Å². The van der Waals surface area contributed by atoms with Crippen molar-refractivity contribution >= 4 is 5.95 Å². The monoisotopic (exact) mass is 252 g/mol. The van der Waals surface area contributed by atoms with Gasteiger partial charge in [0.05, 0.1) is 18.3 Å². The van der Waals surface area contributed by atoms with Crippen LogP contribution in [0.15, 0.2) is 6.20 Å². The Morgan fingerprint density at radius 1 is 1.61 bits per heavy atom. The number of likely N-dealkylation sites (tertiary alicyclic amines) is 1. The normalized spacial score (nSPS) is 22.3. The summed E-state index contributed by atoms with van der Waals surface area (Å²) in [4.78, 5) is 6.94. The third-order valence-electron chi connectivity index (χ3n) is 3.40. The van der Waals surface area contributed by atoms with Gasteiger partial charge in [-0.2, -0.15) is 0 Å². The molecule has 0 saturated carbocycles. The predicted octanol–water partition coefficient (Wildman–Crippen LogP) is 1.51. The van der Waals surface area contributed by atoms with E-state index in [1.54, 1.807) is 7.11 Å². The van der Waals surface area contributed by atoms with Crippen molar-refractivity contribution in [1.29, 1.82) is 0 Å². The second-order valence-corrected chi connectivity index (χ2v) is 5.32. The second-order valence-electron chi connectivity index (χ2n) is 5.32. The molecular weight excluding hydrogens is 228 g/mol. The van der Waals surface area contributed by atoms with E-state index in [2.05, 4.69) is 39.9 Å². The lowest BCUT2D eigenvalue weighted by molar-refractivity contribution is 0.190. The Labute approximate surface area is 109 Å². The average molecular weight is 252 g/mol. The first-order valence-electron chi connectivity index (χ1n) is 6.59. The van der Waals surface area contributed by atoms with Crippen molar-refractivity contribution in [1.82, 2.24) is 14.5 Å². The Hall–Kier alpha value is -1.07. The maximum atomic E-state index is 5.16. The number of nitrogens with zero attached hydrogens (tertiary/aromatic N) is 3. The molecule has 102 valence electrons. The zero-order chi connectivity index (χ0) is 13.1. The molecular formula is C13H24N4O. The lowest BCUT2D eigenvalue weighted by Gasteiger charge is -2.19. The van der Waals surface area contributed by atoms with Crippen molar-refractivity contribution in [3.8, 4) is 0 Å². The molecule has 2 atom stereocenters. The molecule has 1 aromatic rings. The summed E-state index contributed by atoms with van der Waals surface area (Å²) in [6.07, 6.45) is 3.34. The summed E-state index contributed by atoms with van der Waals surface area (Å²) >= 11 is 0. The summed E-state index contributed by atoms with van der Waals surface area (Å²) in [7, 11) is 3.90. The minimum absolute atomic E-state index is 0.273. The van der Waals surface area contributed by atoms with Gasteiger partial charge < -0.3 is 19.5 Å². The minimum Gasteiger partial charge on any atom is -0.383 e. The smallest absolute Gasteiger partial charge is 0.203 e. The molecule has 1 N–H and O–H groups in total. The number of hydrogen-bond acceptors (Lipinski definition) is 4. The molecule has 2 heterocycles. The summed E-state index contributed by atoms with van der Waals surface area (Å²) in [6.45, 7) is 7.11. The first-order valence-corrected chi connectivity index (χ1v) is 6.59. The van der Waals surface area contributed by atoms with E-state index in [-0.39, 0.29) is 6.04 Å². The number of hydrogen-bond donors (Lipinski definition) is 1. The standard InChI is InChI=1S/C13H24N4O/c1-10-7-17(12-5-6-16(3)8-12)13(14-10)15-11(2)9-18-4/h7,11-12H,5-6,8-9H2,1-4H3,(H,14,15). The fourth-order valence-electron chi connectivity index (χ4n) is 2.55. The van der Waals surface area contributed by atoms with Gasteiger partial charge in [-0.25, -0.2) is 4.98 Å². The van der Waals surface area contributed by atoms with Crippen LogP contribution in [0.4, 0.5) is 5.95 Å². The van der Waals surface area contributed by atoms with Gasteiger partial charge in [0, 0.05) is 25.9 Å². The summed E-state index contributed by atoms with van der Waals surface area (Å²) in [6, 6.07) is 0.808. The molecule has 0 amide bonds. The molecule has 5 heteroatoms. The molecule has 1 aliphatic rings. The molecule has 1 aromatic heterocycles. The van der Waals surface area contributed by atoms with E-state index in [4.69, 9.17) is 4.74 Å². The average Bonchev–Trinajstić information content (AvgIpc) is 2.85. The van der Waals surface area contributed by atoms with Crippen molar-refractivity contribution in [2.75, 3.05) is 39.2 Å². The summed E-state index contributed by atoms with van der Waals surface area (Å²) in [5.74, 6) is 0.970. The molecule has 18 heavy (non-hydrogen) atoms. The number of likely N-dealkylation sites (N-methyl/N-ethyl adjacent to an activating group) is 1. The SMILES string of the molecule is COCC(C)Nc1nc(C)cn1C1CCN(C)C1. The van der Waals surface area contributed by atoms with Crippen LogP contribution < -0.4 is 5.32 Å². The number of methoxy groups -OCH3 is 1. The summed E-state index contributed by atoms with van der Waals surface area (Å²) in [5.41, 5.74) is 1.07. The van der Waals surface area contributed by atoms with Gasteiger partial charge in [0.2, 0.25) is 5.95 Å². The highest BCUT2D eigenvalue weighted by atomic mass is 16.5. The molecule has 1 fully saturated rings. The van der Waals surface area contributed by atoms with Crippen LogP contribution in [0.1, 0.15) is 25.1 Å². The van der Waals surface area contributed by atoms with Crippen molar-refractivity contribution in [2.24, 2.45) is 0 Å². The Balaban J connectivity index is 2.10. The van der Waals surface area contributed by atoms with Crippen LogP contribution >= 0.6 is 0 Å². The zero-order valence-electron chi connectivity index (χ0n) is 11.8. The molecule has 2 unspecified atom stereocenters. The number of imidazole rings is 1. The number of anilines is 1. The molecule has 0 aromatic carbocycles. The summed E-state index contributed by atoms with van der Waals surface area (Å²) < 4.78 is 7.44. The first-order chi connectivity index (χ1) is 8.60. The maximum Gasteiger partial charge on any atom is 0.203 e. The Morgan fingerprint density at radius 2 is 2.39 bits per heavy atom. The van der Waals surface area contributed by atoms with Crippen molar-refractivity contribution in [3.05, 3.63) is 11.9 Å². The van der Waals surface area contributed by atoms with E-state index in [0.717, 1.165) is 24.7 Å². The fraction of sp³-hybridized carbons (Fsp3) is 0.769. The van der Waals surface area contributed by atoms with Crippen LogP contribution in [-0.4, -0.2) is 54.3 Å². The second kappa shape index (κ2) is 5.71. The van der Waals surface area contributed by atoms with E-state index >= 15 is 0 Å². The van der Waals surface area contributed by atoms with Gasteiger partial charge in [-0.05, 0) is 33.9 Å². The van der Waals surface area contributed by atoms with Crippen LogP contribution in [-0.2, 0) is 4.74 Å². The Morgan fingerprint density at radius 3 is 3.00 bits per heavy atom. The molecule has 0 radical (unpaired) electrons. The molecule has 1 aliphatic heterocycles. The number of ether oxygens (including phenoxy) is 1. The van der Waals surface area contributed by atoms with Crippen LogP contribution in [0.2, 0.25) is 0 Å². The van der Waals surface area contributed by atoms with Gasteiger partial charge in [-0.15, -0.1) is 0 Å². The highest BCUT2D eigenvalue weighted by molar-refractivity contribution is 5.31. The third-order valence-corrected chi connectivity index (χ3v) is 3.40. The summed E-state index contributed by atoms with van der Waals surface area (Å²) in [5, 5.41) is 3.43. The lowest BCUT2D eigenvalue weighted by atomic mass is 10.2. The van der Waals surface area contributed by atoms with Crippen LogP contribution in [0, 0.1) is 6.92 Å². The lowest BCUT2D eigenvalue weighted by Crippen LogP contribution is -2.24. The Bertz CT molecular complexity index is 390. The highest BCUT2D eigenvalue weighted by Crippen LogP contribution is 2.25. The van der Waals surface area contributed by atoms with E-state index in [0.29, 0.717) is 12.6 Å². The fourth-order valence-corrected chi connectivity index (χ4v) is 2.55. The van der Waals surface area contributed by atoms with Gasteiger partial charge in [-0.3, -0.25) is 0 Å². The van der Waals surface area contributed by atoms with E-state index < -0.39 is 0 Å². The number of aromatic nitrogens is 2. The number of nitrogens with one attached hydrogen (secondary N) is 1. The molecule has 0 bridgehead atoms. The molecule has 0 spiro atoms. The number of aryl methyl sites for hydroxylation is 1. The van der Waals surface area contributed by atoms with Gasteiger partial charge in [-0.1, -0.05) is 0 Å². The largest absolute Gasteiger partial charge is 0.383 e. The molecule has 2 rings (SSSR count). The van der Waals surface area contributed by atoms with Crippen molar-refractivity contribution in [2.45, 2.75) is 32.4 Å². The Kier molecular flexibility index (Phi) is 4.24. The minimum atomic E-state index is 0.273. The topological polar surface area (TPSA) is 42.3 Å². The number of rotatable bonds is 5. The van der Waals surface area contributed by atoms with Crippen LogP contribution in [0.3, 0.4) is 0 Å². The van der Waals surface area contributed by atoms with Crippen molar-refractivity contribution < 1.29 is 4.74 Å². The highest BCUT2D eigenvalue weighted by Gasteiger charge is 2.23. The third kappa shape index (κ3) is 3.03. The van der Waals surface area contributed by atoms with E-state index in [1.165, 1.54) is 6.42 Å². The van der Waals surface area contributed by atoms with E-state index in [1.807, 2.05) is 6.92 Å². The maximum absolute atomic E-state index is 5.16. The van der Waals surface area contributed by atoms with Crippen LogP contribution in [0.5, 0.6) is 0 Å². The zero-order valence-corrected chi connectivity index (χ0v) is 11.8. The van der Waals surface area contributed by atoms with Gasteiger partial charge in [0.1, 0.15) is 0 Å². The predicted molar refractivity (Wildman–Crippen MR) is 73.1 cm³/mol. The quantitative estimate of drug-likeness (QED) is 0.862. The van der Waals surface area contributed by atoms with Crippen molar-refractivity contribution in [3.63, 3.8) is 0 Å². The molecule has 1 saturated heterocycles. The molecule has 0 aliphatic carbocycles. The van der Waals surface area contributed by atoms with Gasteiger partial charge >= 0.3 is 0 Å².